The largest absolute Gasteiger partial charge is 0.352 e. The quantitative estimate of drug-likeness (QED) is 0.795. The van der Waals surface area contributed by atoms with Gasteiger partial charge in [0.15, 0.2) is 6.10 Å². The van der Waals surface area contributed by atoms with Gasteiger partial charge in [-0.15, -0.1) is 0 Å². The number of carbonyl (C=O) groups excluding carboxylic acids is 2. The van der Waals surface area contributed by atoms with Crippen molar-refractivity contribution in [1.82, 2.24) is 19.4 Å². The number of likely N-dealkylation sites (tertiary alicyclic amines) is 1. The minimum absolute atomic E-state index is 0.0404. The van der Waals surface area contributed by atoms with Gasteiger partial charge in [-0.3, -0.25) is 9.59 Å². The predicted octanol–water partition coefficient (Wildman–Crippen LogP) is 1.81. The number of fused-ring (bicyclic) bond motifs is 2. The van der Waals surface area contributed by atoms with Gasteiger partial charge in [0, 0.05) is 58.0 Å². The molecular weight excluding hydrogens is 356 g/mol. The van der Waals surface area contributed by atoms with Crippen molar-refractivity contribution in [1.29, 1.82) is 0 Å². The Morgan fingerprint density at radius 2 is 2.00 bits per heavy atom. The van der Waals surface area contributed by atoms with Crippen LogP contribution in [-0.4, -0.2) is 64.5 Å². The highest BCUT2D eigenvalue weighted by Crippen LogP contribution is 2.40. The van der Waals surface area contributed by atoms with E-state index in [-0.39, 0.29) is 11.8 Å². The number of aromatic nitrogens is 2. The molecule has 2 amide bonds. The summed E-state index contributed by atoms with van der Waals surface area (Å²) in [5, 5.41) is 0. The number of hydrogen-bond donors (Lipinski definition) is 0. The first-order chi connectivity index (χ1) is 13.4. The molecule has 148 valence electrons. The minimum Gasteiger partial charge on any atom is -0.352 e. The molecule has 2 aliphatic heterocycles. The fourth-order valence-corrected chi connectivity index (χ4v) is 4.19. The number of imidazole rings is 1. The maximum absolute atomic E-state index is 12.9. The molecule has 0 bridgehead atoms. The van der Waals surface area contributed by atoms with E-state index in [1.54, 1.807) is 25.2 Å². The van der Waals surface area contributed by atoms with Crippen molar-refractivity contribution < 1.29 is 14.3 Å². The average Bonchev–Trinajstić information content (AvgIpc) is 3.17. The van der Waals surface area contributed by atoms with Crippen molar-refractivity contribution >= 4 is 11.8 Å². The highest BCUT2D eigenvalue weighted by atomic mass is 16.5. The van der Waals surface area contributed by atoms with E-state index in [0.717, 1.165) is 11.4 Å². The second-order valence-electron chi connectivity index (χ2n) is 7.90. The zero-order valence-corrected chi connectivity index (χ0v) is 16.6. The fraction of sp³-hybridized carbons (Fsp3) is 0.476. The highest BCUT2D eigenvalue weighted by Gasteiger charge is 2.47. The van der Waals surface area contributed by atoms with Crippen LogP contribution >= 0.6 is 0 Å². The van der Waals surface area contributed by atoms with E-state index in [2.05, 4.69) is 4.98 Å². The monoisotopic (exact) mass is 382 g/mol. The van der Waals surface area contributed by atoms with Gasteiger partial charge in [-0.25, -0.2) is 4.98 Å². The second-order valence-corrected chi connectivity index (χ2v) is 7.90. The number of aryl methyl sites for hydroxylation is 1. The molecule has 0 radical (unpaired) electrons. The first-order valence-corrected chi connectivity index (χ1v) is 9.66. The van der Waals surface area contributed by atoms with Gasteiger partial charge in [0.05, 0.1) is 6.54 Å². The standard InChI is InChI=1S/C21H26N4O3/c1-15-5-4-6-16(13-15)18(26)24-10-7-21(8-11-24)20-22-9-12-25(20)14-17(28-21)19(27)23(2)3/h4-6,9,12-13,17H,7-8,10-11,14H2,1-3H3. The van der Waals surface area contributed by atoms with Gasteiger partial charge in [-0.05, 0) is 19.1 Å². The van der Waals surface area contributed by atoms with Crippen LogP contribution < -0.4 is 0 Å². The van der Waals surface area contributed by atoms with Crippen molar-refractivity contribution in [3.05, 3.63) is 53.6 Å². The van der Waals surface area contributed by atoms with E-state index in [4.69, 9.17) is 4.74 Å². The molecule has 1 unspecified atom stereocenters. The number of carbonyl (C=O) groups is 2. The lowest BCUT2D eigenvalue weighted by molar-refractivity contribution is -0.178. The van der Waals surface area contributed by atoms with Crippen molar-refractivity contribution in [2.24, 2.45) is 0 Å². The normalized spacial score (nSPS) is 20.7. The van der Waals surface area contributed by atoms with Crippen LogP contribution in [0.5, 0.6) is 0 Å². The topological polar surface area (TPSA) is 67.7 Å². The van der Waals surface area contributed by atoms with Gasteiger partial charge >= 0.3 is 0 Å². The van der Waals surface area contributed by atoms with E-state index < -0.39 is 11.7 Å². The molecule has 0 N–H and O–H groups in total. The highest BCUT2D eigenvalue weighted by molar-refractivity contribution is 5.94. The molecule has 7 heteroatoms. The second kappa shape index (κ2) is 7.05. The molecule has 1 aromatic carbocycles. The van der Waals surface area contributed by atoms with E-state index in [1.165, 1.54) is 0 Å². The number of nitrogens with zero attached hydrogens (tertiary/aromatic N) is 4. The summed E-state index contributed by atoms with van der Waals surface area (Å²) in [5.41, 5.74) is 1.16. The molecule has 1 spiro atoms. The molecule has 2 aromatic rings. The number of rotatable bonds is 2. The molecule has 1 atom stereocenters. The molecule has 0 aliphatic carbocycles. The Kier molecular flexibility index (Phi) is 4.71. The van der Waals surface area contributed by atoms with E-state index in [1.807, 2.05) is 46.9 Å². The zero-order valence-electron chi connectivity index (χ0n) is 16.6. The van der Waals surface area contributed by atoms with Crippen LogP contribution in [-0.2, 0) is 21.7 Å². The smallest absolute Gasteiger partial charge is 0.253 e. The minimum atomic E-state index is -0.624. The van der Waals surface area contributed by atoms with Crippen molar-refractivity contribution in [3.8, 4) is 0 Å². The summed E-state index contributed by atoms with van der Waals surface area (Å²) < 4.78 is 8.38. The Hall–Kier alpha value is -2.67. The van der Waals surface area contributed by atoms with Gasteiger partial charge in [-0.1, -0.05) is 17.7 Å². The first-order valence-electron chi connectivity index (χ1n) is 9.66. The van der Waals surface area contributed by atoms with Gasteiger partial charge in [0.2, 0.25) is 0 Å². The van der Waals surface area contributed by atoms with Crippen LogP contribution in [0.15, 0.2) is 36.7 Å². The van der Waals surface area contributed by atoms with Crippen LogP contribution in [0.2, 0.25) is 0 Å². The summed E-state index contributed by atoms with van der Waals surface area (Å²) >= 11 is 0. The summed E-state index contributed by atoms with van der Waals surface area (Å²) in [6.07, 6.45) is 4.38. The van der Waals surface area contributed by atoms with Gasteiger partial charge in [0.25, 0.3) is 11.8 Å². The summed E-state index contributed by atoms with van der Waals surface area (Å²) in [6.45, 7) is 3.60. The maximum Gasteiger partial charge on any atom is 0.253 e. The average molecular weight is 382 g/mol. The molecule has 28 heavy (non-hydrogen) atoms. The predicted molar refractivity (Wildman–Crippen MR) is 104 cm³/mol. The third-order valence-corrected chi connectivity index (χ3v) is 5.69. The number of ether oxygens (including phenoxy) is 1. The Balaban J connectivity index is 1.54. The molecule has 1 saturated heterocycles. The van der Waals surface area contributed by atoms with Gasteiger partial charge in [0.1, 0.15) is 11.4 Å². The Morgan fingerprint density at radius 3 is 2.68 bits per heavy atom. The molecule has 1 aromatic heterocycles. The molecule has 7 nitrogen and oxygen atoms in total. The molecule has 1 fully saturated rings. The van der Waals surface area contributed by atoms with Crippen molar-refractivity contribution in [3.63, 3.8) is 0 Å². The molecule has 3 heterocycles. The summed E-state index contributed by atoms with van der Waals surface area (Å²) in [4.78, 5) is 33.4. The Bertz CT molecular complexity index is 897. The fourth-order valence-electron chi connectivity index (χ4n) is 4.19. The van der Waals surface area contributed by atoms with Crippen molar-refractivity contribution in [2.75, 3.05) is 27.2 Å². The Labute approximate surface area is 164 Å². The lowest BCUT2D eigenvalue weighted by Gasteiger charge is -2.45. The number of benzene rings is 1. The van der Waals surface area contributed by atoms with Crippen LogP contribution in [0.25, 0.3) is 0 Å². The molecular formula is C21H26N4O3. The van der Waals surface area contributed by atoms with Crippen LogP contribution in [0.3, 0.4) is 0 Å². The van der Waals surface area contributed by atoms with Crippen LogP contribution in [0, 0.1) is 6.92 Å². The lowest BCUT2D eigenvalue weighted by Crippen LogP contribution is -2.54. The number of likely N-dealkylation sites (N-methyl/N-ethyl adjacent to an activating group) is 1. The number of amides is 2. The SMILES string of the molecule is Cc1cccc(C(=O)N2CCC3(CC2)OC(C(=O)N(C)C)Cn2ccnc23)c1. The van der Waals surface area contributed by atoms with Crippen LogP contribution in [0.1, 0.15) is 34.6 Å². The van der Waals surface area contributed by atoms with E-state index in [9.17, 15) is 9.59 Å². The maximum atomic E-state index is 12.9. The molecule has 0 saturated carbocycles. The summed E-state index contributed by atoms with van der Waals surface area (Å²) in [7, 11) is 3.48. The first kappa shape index (κ1) is 18.7. The third kappa shape index (κ3) is 3.20. The third-order valence-electron chi connectivity index (χ3n) is 5.69. The zero-order chi connectivity index (χ0) is 19.9. The number of hydrogen-bond acceptors (Lipinski definition) is 4. The molecule has 4 rings (SSSR count). The summed E-state index contributed by atoms with van der Waals surface area (Å²) in [6, 6.07) is 7.67. The summed E-state index contributed by atoms with van der Waals surface area (Å²) in [5.74, 6) is 0.855. The van der Waals surface area contributed by atoms with E-state index in [0.29, 0.717) is 38.0 Å². The van der Waals surface area contributed by atoms with Gasteiger partial charge in [-0.2, -0.15) is 0 Å². The van der Waals surface area contributed by atoms with E-state index >= 15 is 0 Å². The Morgan fingerprint density at radius 1 is 1.25 bits per heavy atom. The van der Waals surface area contributed by atoms with Crippen LogP contribution in [0.4, 0.5) is 0 Å². The van der Waals surface area contributed by atoms with Gasteiger partial charge < -0.3 is 19.1 Å². The molecule has 2 aliphatic rings. The van der Waals surface area contributed by atoms with Crippen molar-refractivity contribution in [2.45, 2.75) is 38.0 Å². The lowest BCUT2D eigenvalue weighted by atomic mass is 9.88. The number of piperidine rings is 1.